The van der Waals surface area contributed by atoms with Crippen LogP contribution in [0.5, 0.6) is 0 Å². The molecule has 0 saturated carbocycles. The first-order valence-electron chi connectivity index (χ1n) is 12.2. The van der Waals surface area contributed by atoms with Gasteiger partial charge in [-0.2, -0.15) is 5.26 Å². The predicted octanol–water partition coefficient (Wildman–Crippen LogP) is 5.90. The Morgan fingerprint density at radius 1 is 0.738 bits per heavy atom. The van der Waals surface area contributed by atoms with Crippen LogP contribution in [-0.4, -0.2) is 43.4 Å². The number of hydrogen-bond acceptors (Lipinski definition) is 4. The fraction of sp³-hybridized carbons (Fsp3) is 0.296. The summed E-state index contributed by atoms with van der Waals surface area (Å²) in [5, 5.41) is 21.3. The van der Waals surface area contributed by atoms with Crippen LogP contribution in [0.15, 0.2) is 48.5 Å². The molecule has 0 N–H and O–H groups in total. The van der Waals surface area contributed by atoms with Crippen molar-refractivity contribution in [2.24, 2.45) is 0 Å². The summed E-state index contributed by atoms with van der Waals surface area (Å²) in [6.45, 7) is 20.0. The van der Waals surface area contributed by atoms with E-state index in [1.165, 1.54) is 6.92 Å². The van der Waals surface area contributed by atoms with Crippen LogP contribution >= 0.6 is 0 Å². The zero-order valence-corrected chi connectivity index (χ0v) is 27.7. The standard InChI is InChI=1S/C15H21BN6.C9H8.C2H3N.CO.BF4.W/c1-10-7-13(4)20(17-10)16(21-14(5)8-11(2)18-21)22-15(6)9-12(3)19-22;1-2-6-9-7-4-3-5-8-9;1-2-3;1-2;2-1(3,4)5;/h7-9H,1-6H3;3-5,7-8H,1H3;1H3;;;/q-1;;;;-1;+2. The van der Waals surface area contributed by atoms with Crippen molar-refractivity contribution in [1.82, 2.24) is 29.1 Å². The SMILES string of the molecule is CC#Cc1ccccc1.CC#N.Cc1cc(C)n([B-](n2nc(C)cc2C)n2nc(C)cc2C)n1.F[B-](F)(F)F.[C-]#[O+].[W+2]. The number of benzene rings is 1. The second-order valence-electron chi connectivity index (χ2n) is 8.42. The number of aryl methyl sites for hydroxylation is 6. The molecule has 3 heterocycles. The molecule has 221 valence electrons. The number of nitriles is 1. The van der Waals surface area contributed by atoms with Gasteiger partial charge in [-0.25, -0.2) is 15.3 Å². The van der Waals surface area contributed by atoms with Crippen LogP contribution in [0.1, 0.15) is 53.6 Å². The molecule has 3 aromatic heterocycles. The van der Waals surface area contributed by atoms with Crippen LogP contribution < -0.4 is 0 Å². The van der Waals surface area contributed by atoms with Gasteiger partial charge in [0.05, 0.1) is 23.2 Å². The van der Waals surface area contributed by atoms with Crippen molar-refractivity contribution in [3.63, 3.8) is 0 Å². The molecule has 1 radical (unpaired) electrons. The van der Waals surface area contributed by atoms with Crippen molar-refractivity contribution in [2.45, 2.75) is 55.4 Å². The van der Waals surface area contributed by atoms with Gasteiger partial charge < -0.3 is 31.0 Å². The van der Waals surface area contributed by atoms with Crippen molar-refractivity contribution in [3.05, 3.63) is 94.9 Å². The molecule has 0 aliphatic rings. The van der Waals surface area contributed by atoms with Crippen LogP contribution in [0.3, 0.4) is 0 Å². The second-order valence-corrected chi connectivity index (χ2v) is 8.42. The van der Waals surface area contributed by atoms with Crippen molar-refractivity contribution < 1.29 is 43.0 Å². The average Bonchev–Trinajstić information content (AvgIpc) is 3.51. The van der Waals surface area contributed by atoms with E-state index in [9.17, 15) is 17.3 Å². The molecule has 4 rings (SSSR count). The summed E-state index contributed by atoms with van der Waals surface area (Å²) >= 11 is 0. The van der Waals surface area contributed by atoms with Crippen molar-refractivity contribution in [1.29, 1.82) is 5.26 Å². The molecule has 0 saturated heterocycles. The largest absolute Gasteiger partial charge is 2.00 e. The molecule has 1 aromatic carbocycles. The Hall–Kier alpha value is -3.82. The van der Waals surface area contributed by atoms with Crippen LogP contribution in [0.25, 0.3) is 0 Å². The van der Waals surface area contributed by atoms with Crippen LogP contribution in [0.2, 0.25) is 0 Å². The zero-order valence-electron chi connectivity index (χ0n) is 24.7. The first-order chi connectivity index (χ1) is 19.2. The van der Waals surface area contributed by atoms with Gasteiger partial charge in [-0.1, -0.05) is 24.1 Å². The van der Waals surface area contributed by atoms with E-state index in [1.807, 2.05) is 71.8 Å². The smallest absolute Gasteiger partial charge is 2.00 e. The molecule has 0 fully saturated rings. The maximum Gasteiger partial charge on any atom is 2.00 e. The Morgan fingerprint density at radius 2 is 1.02 bits per heavy atom. The molecular weight excluding hydrogens is 720 g/mol. The van der Waals surface area contributed by atoms with Crippen molar-refractivity contribution >= 4 is 14.4 Å². The molecule has 15 heteroatoms. The Kier molecular flexibility index (Phi) is 19.3. The minimum Gasteiger partial charge on any atom is 2.00 e. The molecule has 8 nitrogen and oxygen atoms in total. The summed E-state index contributed by atoms with van der Waals surface area (Å²) in [6.07, 6.45) is 0. The minimum atomic E-state index is -6.00. The van der Waals surface area contributed by atoms with Gasteiger partial charge in [0.2, 0.25) is 0 Å². The Labute approximate surface area is 259 Å². The van der Waals surface area contributed by atoms with Gasteiger partial charge in [-0.15, -0.1) is 5.92 Å². The number of nitrogens with zero attached hydrogens (tertiary/aromatic N) is 7. The molecule has 0 aliphatic heterocycles. The summed E-state index contributed by atoms with van der Waals surface area (Å²) in [5.74, 6) is 5.79. The summed E-state index contributed by atoms with van der Waals surface area (Å²) in [4.78, 5) is 0. The summed E-state index contributed by atoms with van der Waals surface area (Å²) in [5.41, 5.74) is 7.31. The Balaban J connectivity index is 0. The summed E-state index contributed by atoms with van der Waals surface area (Å²) in [6, 6.07) is 17.9. The Morgan fingerprint density at radius 3 is 1.24 bits per heavy atom. The molecule has 0 bridgehead atoms. The van der Waals surface area contributed by atoms with E-state index < -0.39 is 7.25 Å². The van der Waals surface area contributed by atoms with E-state index >= 15 is 0 Å². The first kappa shape index (κ1) is 40.3. The maximum atomic E-state index is 9.75. The summed E-state index contributed by atoms with van der Waals surface area (Å²) in [7, 11) is -6.23. The quantitative estimate of drug-likeness (QED) is 0.0857. The van der Waals surface area contributed by atoms with Gasteiger partial charge in [0.15, 0.2) is 0 Å². The van der Waals surface area contributed by atoms with E-state index in [-0.39, 0.29) is 28.2 Å². The first-order valence-corrected chi connectivity index (χ1v) is 12.2. The van der Waals surface area contributed by atoms with E-state index in [2.05, 4.69) is 72.8 Å². The van der Waals surface area contributed by atoms with E-state index in [4.69, 9.17) is 9.91 Å². The van der Waals surface area contributed by atoms with Crippen LogP contribution in [-0.2, 0) is 25.7 Å². The third-order valence-electron chi connectivity index (χ3n) is 4.83. The van der Waals surface area contributed by atoms with Gasteiger partial charge in [-0.05, 0) is 95.9 Å². The molecule has 0 amide bonds. The molecule has 0 unspecified atom stereocenters. The predicted molar refractivity (Wildman–Crippen MR) is 151 cm³/mol. The van der Waals surface area contributed by atoms with Crippen molar-refractivity contribution in [2.75, 3.05) is 0 Å². The maximum absolute atomic E-state index is 9.75. The minimum absolute atomic E-state index is 0. The average molecular weight is 752 g/mol. The fourth-order valence-electron chi connectivity index (χ4n) is 3.62. The Bertz CT molecular complexity index is 1370. The number of aromatic nitrogens is 6. The monoisotopic (exact) mass is 752 g/mol. The topological polar surface area (TPSA) is 97.2 Å². The second kappa shape index (κ2) is 20.1. The van der Waals surface area contributed by atoms with E-state index in [0.29, 0.717) is 0 Å². The van der Waals surface area contributed by atoms with E-state index in [0.717, 1.165) is 39.7 Å². The number of hydrogen-bond donors (Lipinski definition) is 0. The number of rotatable bonds is 3. The van der Waals surface area contributed by atoms with Gasteiger partial charge in [0.1, 0.15) is 0 Å². The molecule has 0 atom stereocenters. The van der Waals surface area contributed by atoms with Gasteiger partial charge >= 0.3 is 39.6 Å². The summed E-state index contributed by atoms with van der Waals surface area (Å²) < 4.78 is 52.4. The fourth-order valence-corrected chi connectivity index (χ4v) is 3.62. The van der Waals surface area contributed by atoms with Crippen molar-refractivity contribution in [3.8, 4) is 17.9 Å². The third-order valence-corrected chi connectivity index (χ3v) is 4.83. The van der Waals surface area contributed by atoms with Gasteiger partial charge in [0, 0.05) is 12.5 Å². The van der Waals surface area contributed by atoms with Gasteiger partial charge in [0.25, 0.3) is 7.12 Å². The molecule has 42 heavy (non-hydrogen) atoms. The molecule has 4 aromatic rings. The van der Waals surface area contributed by atoms with Gasteiger partial charge in [-0.3, -0.25) is 0 Å². The van der Waals surface area contributed by atoms with Crippen LogP contribution in [0, 0.1) is 71.4 Å². The number of halogens is 4. The third kappa shape index (κ3) is 14.7. The van der Waals surface area contributed by atoms with E-state index in [1.54, 1.807) is 6.07 Å². The molecule has 0 aliphatic carbocycles. The van der Waals surface area contributed by atoms with Crippen LogP contribution in [0.4, 0.5) is 17.3 Å². The molecule has 0 spiro atoms. The molecular formula is C27H32B2F4N7OW. The normalized spacial score (nSPS) is 9.38. The zero-order chi connectivity index (χ0) is 31.8.